The maximum absolute atomic E-state index is 9.99. The van der Waals surface area contributed by atoms with Crippen LogP contribution in [0.2, 0.25) is 0 Å². The van der Waals surface area contributed by atoms with Gasteiger partial charge in [-0.1, -0.05) is 26.7 Å². The summed E-state index contributed by atoms with van der Waals surface area (Å²) >= 11 is 0. The van der Waals surface area contributed by atoms with Crippen molar-refractivity contribution >= 4 is 0 Å². The summed E-state index contributed by atoms with van der Waals surface area (Å²) in [5.41, 5.74) is -0.407. The summed E-state index contributed by atoms with van der Waals surface area (Å²) in [5.74, 6) is 1.28. The Morgan fingerprint density at radius 1 is 1.45 bits per heavy atom. The van der Waals surface area contributed by atoms with E-state index < -0.39 is 5.60 Å². The van der Waals surface area contributed by atoms with Crippen LogP contribution in [0.1, 0.15) is 46.5 Å². The van der Waals surface area contributed by atoms with Crippen LogP contribution >= 0.6 is 0 Å². The van der Waals surface area contributed by atoms with Crippen LogP contribution < -0.4 is 0 Å². The normalized spacial score (nSPS) is 37.1. The van der Waals surface area contributed by atoms with Gasteiger partial charge in [-0.3, -0.25) is 0 Å². The van der Waals surface area contributed by atoms with E-state index in [4.69, 9.17) is 0 Å². The van der Waals surface area contributed by atoms with Crippen LogP contribution in [0.4, 0.5) is 0 Å². The van der Waals surface area contributed by atoms with Crippen LogP contribution in [0, 0.1) is 11.8 Å². The minimum Gasteiger partial charge on any atom is -0.390 e. The predicted octanol–water partition coefficient (Wildman–Crippen LogP) is 2.58. The molecule has 1 fully saturated rings. The Hall–Kier alpha value is -0.0400. The largest absolute Gasteiger partial charge is 0.390 e. The molecule has 1 saturated carbocycles. The Bertz CT molecular complexity index is 129. The Labute approximate surface area is 69.8 Å². The van der Waals surface area contributed by atoms with E-state index in [2.05, 4.69) is 13.8 Å². The Morgan fingerprint density at radius 2 is 2.09 bits per heavy atom. The van der Waals surface area contributed by atoms with Crippen LogP contribution in [0.3, 0.4) is 0 Å². The van der Waals surface area contributed by atoms with Gasteiger partial charge in [-0.25, -0.2) is 0 Å². The molecule has 11 heavy (non-hydrogen) atoms. The van der Waals surface area contributed by atoms with E-state index in [0.29, 0.717) is 5.92 Å². The number of rotatable bonds is 2. The van der Waals surface area contributed by atoms with E-state index in [-0.39, 0.29) is 0 Å². The molecule has 0 amide bonds. The number of hydrogen-bond acceptors (Lipinski definition) is 1. The molecule has 66 valence electrons. The smallest absolute Gasteiger partial charge is 0.0647 e. The first-order chi connectivity index (χ1) is 5.08. The van der Waals surface area contributed by atoms with Crippen LogP contribution in [-0.4, -0.2) is 10.7 Å². The molecule has 0 saturated heterocycles. The summed E-state index contributed by atoms with van der Waals surface area (Å²) in [5, 5.41) is 9.99. The Balaban J connectivity index is 2.58. The molecule has 0 heterocycles. The fraction of sp³-hybridized carbons (Fsp3) is 1.00. The van der Waals surface area contributed by atoms with Crippen molar-refractivity contribution in [2.75, 3.05) is 0 Å². The SMILES string of the molecule is CCC(C)(O)C1CCCC1C. The second-order valence-electron chi connectivity index (χ2n) is 4.23. The van der Waals surface area contributed by atoms with E-state index in [1.54, 1.807) is 0 Å². The Kier molecular flexibility index (Phi) is 2.58. The van der Waals surface area contributed by atoms with E-state index in [1.807, 2.05) is 6.92 Å². The zero-order valence-corrected chi connectivity index (χ0v) is 7.93. The molecule has 3 unspecified atom stereocenters. The third kappa shape index (κ3) is 1.76. The maximum Gasteiger partial charge on any atom is 0.0647 e. The second kappa shape index (κ2) is 3.14. The maximum atomic E-state index is 9.99. The zero-order chi connectivity index (χ0) is 8.48. The highest BCUT2D eigenvalue weighted by atomic mass is 16.3. The van der Waals surface area contributed by atoms with Crippen molar-refractivity contribution in [2.24, 2.45) is 11.8 Å². The average molecular weight is 156 g/mol. The molecule has 0 aromatic carbocycles. The van der Waals surface area contributed by atoms with E-state index in [1.165, 1.54) is 19.3 Å². The third-order valence-electron chi connectivity index (χ3n) is 3.38. The van der Waals surface area contributed by atoms with Gasteiger partial charge in [0.2, 0.25) is 0 Å². The molecule has 1 nitrogen and oxygen atoms in total. The summed E-state index contributed by atoms with van der Waals surface area (Å²) in [7, 11) is 0. The van der Waals surface area contributed by atoms with Crippen molar-refractivity contribution in [1.82, 2.24) is 0 Å². The molecule has 0 aromatic heterocycles. The second-order valence-corrected chi connectivity index (χ2v) is 4.23. The molecular weight excluding hydrogens is 136 g/mol. The average Bonchev–Trinajstić information content (AvgIpc) is 2.36. The fourth-order valence-corrected chi connectivity index (χ4v) is 2.33. The lowest BCUT2D eigenvalue weighted by Gasteiger charge is -2.31. The molecule has 0 bridgehead atoms. The van der Waals surface area contributed by atoms with Gasteiger partial charge < -0.3 is 5.11 Å². The highest BCUT2D eigenvalue weighted by Crippen LogP contribution is 2.39. The molecule has 3 atom stereocenters. The zero-order valence-electron chi connectivity index (χ0n) is 7.93. The summed E-state index contributed by atoms with van der Waals surface area (Å²) in [4.78, 5) is 0. The van der Waals surface area contributed by atoms with Gasteiger partial charge in [0.05, 0.1) is 5.60 Å². The predicted molar refractivity (Wildman–Crippen MR) is 47.4 cm³/mol. The fourth-order valence-electron chi connectivity index (χ4n) is 2.33. The van der Waals surface area contributed by atoms with Crippen molar-refractivity contribution < 1.29 is 5.11 Å². The molecule has 1 rings (SSSR count). The van der Waals surface area contributed by atoms with Gasteiger partial charge >= 0.3 is 0 Å². The van der Waals surface area contributed by atoms with Gasteiger partial charge in [-0.05, 0) is 31.6 Å². The van der Waals surface area contributed by atoms with Gasteiger partial charge in [-0.15, -0.1) is 0 Å². The Morgan fingerprint density at radius 3 is 2.45 bits per heavy atom. The molecule has 0 aliphatic heterocycles. The van der Waals surface area contributed by atoms with Gasteiger partial charge in [0.25, 0.3) is 0 Å². The van der Waals surface area contributed by atoms with Gasteiger partial charge in [-0.2, -0.15) is 0 Å². The molecule has 1 N–H and O–H groups in total. The third-order valence-corrected chi connectivity index (χ3v) is 3.38. The lowest BCUT2D eigenvalue weighted by Crippen LogP contribution is -2.35. The van der Waals surface area contributed by atoms with Gasteiger partial charge in [0.15, 0.2) is 0 Å². The summed E-state index contributed by atoms with van der Waals surface area (Å²) in [6.07, 6.45) is 4.73. The summed E-state index contributed by atoms with van der Waals surface area (Å²) in [6.45, 7) is 6.33. The van der Waals surface area contributed by atoms with E-state index >= 15 is 0 Å². The van der Waals surface area contributed by atoms with E-state index in [9.17, 15) is 5.11 Å². The van der Waals surface area contributed by atoms with Crippen LogP contribution in [0.25, 0.3) is 0 Å². The highest BCUT2D eigenvalue weighted by molar-refractivity contribution is 4.87. The molecule has 1 aliphatic carbocycles. The quantitative estimate of drug-likeness (QED) is 0.651. The lowest BCUT2D eigenvalue weighted by molar-refractivity contribution is -0.0174. The first kappa shape index (κ1) is 9.05. The molecule has 0 radical (unpaired) electrons. The van der Waals surface area contributed by atoms with E-state index in [0.717, 1.165) is 12.3 Å². The van der Waals surface area contributed by atoms with Crippen LogP contribution in [0.5, 0.6) is 0 Å². The number of hydrogen-bond donors (Lipinski definition) is 1. The first-order valence-corrected chi connectivity index (χ1v) is 4.80. The number of aliphatic hydroxyl groups is 1. The molecular formula is C10H20O. The molecule has 0 spiro atoms. The first-order valence-electron chi connectivity index (χ1n) is 4.80. The van der Waals surface area contributed by atoms with Crippen molar-refractivity contribution in [3.05, 3.63) is 0 Å². The van der Waals surface area contributed by atoms with Crippen molar-refractivity contribution in [2.45, 2.75) is 52.1 Å². The van der Waals surface area contributed by atoms with Crippen molar-refractivity contribution in [3.8, 4) is 0 Å². The van der Waals surface area contributed by atoms with Crippen LogP contribution in [0.15, 0.2) is 0 Å². The topological polar surface area (TPSA) is 20.2 Å². The summed E-state index contributed by atoms with van der Waals surface area (Å²) in [6, 6.07) is 0. The highest BCUT2D eigenvalue weighted by Gasteiger charge is 2.36. The minimum atomic E-state index is -0.407. The van der Waals surface area contributed by atoms with Crippen molar-refractivity contribution in [1.29, 1.82) is 0 Å². The monoisotopic (exact) mass is 156 g/mol. The molecule has 0 aromatic rings. The molecule has 1 heteroatoms. The van der Waals surface area contributed by atoms with Gasteiger partial charge in [0.1, 0.15) is 0 Å². The van der Waals surface area contributed by atoms with Crippen molar-refractivity contribution in [3.63, 3.8) is 0 Å². The lowest BCUT2D eigenvalue weighted by atomic mass is 9.80. The van der Waals surface area contributed by atoms with Crippen LogP contribution in [-0.2, 0) is 0 Å². The standard InChI is InChI=1S/C10H20O/c1-4-10(3,11)9-7-5-6-8(9)2/h8-9,11H,4-7H2,1-3H3. The minimum absolute atomic E-state index is 0.407. The van der Waals surface area contributed by atoms with Gasteiger partial charge in [0, 0.05) is 0 Å². The summed E-state index contributed by atoms with van der Waals surface area (Å²) < 4.78 is 0. The molecule has 1 aliphatic rings.